The second-order valence-corrected chi connectivity index (χ2v) is 34.9. The van der Waals surface area contributed by atoms with Crippen LogP contribution in [-0.2, 0) is 0 Å². The molecule has 25 rings (SSSR count). The Bertz CT molecular complexity index is 8230. The van der Waals surface area contributed by atoms with Crippen LogP contribution in [0.1, 0.15) is 0 Å². The van der Waals surface area contributed by atoms with Crippen LogP contribution in [0.3, 0.4) is 0 Å². The molecule has 0 N–H and O–H groups in total. The Morgan fingerprint density at radius 3 is 0.748 bits per heavy atom. The van der Waals surface area contributed by atoms with Gasteiger partial charge in [0.15, 0.2) is 23.1 Å². The molecule has 19 aromatic carbocycles. The predicted molar refractivity (Wildman–Crippen MR) is 572 cm³/mol. The van der Waals surface area contributed by atoms with E-state index in [0.717, 1.165) is 206 Å². The molecular weight excluding hydrogens is 1710 g/mol. The number of rotatable bonds is 18. The van der Waals surface area contributed by atoms with Crippen LogP contribution in [0.25, 0.3) is 245 Å². The zero-order valence-electron chi connectivity index (χ0n) is 75.3. The number of oxazole rings is 1. The van der Waals surface area contributed by atoms with Crippen LogP contribution in [0.15, 0.2) is 518 Å². The third-order valence-electron chi connectivity index (χ3n) is 25.1. The Morgan fingerprint density at radius 1 is 0.151 bits per heavy atom. The minimum absolute atomic E-state index is 0.624. The average Bonchev–Trinajstić information content (AvgIpc) is 1.76. The summed E-state index contributed by atoms with van der Waals surface area (Å²) in [6.07, 6.45) is 0. The molecule has 0 atom stereocenters. The fourth-order valence-electron chi connectivity index (χ4n) is 18.0. The lowest BCUT2D eigenvalue weighted by atomic mass is 9.93. The molecule has 10 nitrogen and oxygen atoms in total. The van der Waals surface area contributed by atoms with E-state index in [0.29, 0.717) is 23.4 Å². The third kappa shape index (κ3) is 17.9. The number of benzene rings is 19. The summed E-state index contributed by atoms with van der Waals surface area (Å²) in [5, 5.41) is 3.32. The Morgan fingerprint density at radius 2 is 0.403 bits per heavy atom. The van der Waals surface area contributed by atoms with Crippen molar-refractivity contribution in [3.05, 3.63) is 510 Å². The molecule has 0 radical (unpaired) electrons. The predicted octanol–water partition coefficient (Wildman–Crippen LogP) is 34.1. The van der Waals surface area contributed by atoms with Crippen molar-refractivity contribution in [2.75, 3.05) is 0 Å². The third-order valence-corrected chi connectivity index (χ3v) is 26.2. The zero-order chi connectivity index (χ0) is 92.6. The number of para-hydroxylation sites is 4. The molecule has 0 saturated heterocycles. The van der Waals surface area contributed by atoms with Crippen molar-refractivity contribution in [2.45, 2.75) is 0 Å². The first-order chi connectivity index (χ1) is 68.9. The van der Waals surface area contributed by atoms with Gasteiger partial charge in [-0.2, -0.15) is 0 Å². The van der Waals surface area contributed by atoms with E-state index in [4.69, 9.17) is 43.7 Å². The van der Waals surface area contributed by atoms with Gasteiger partial charge in [-0.25, -0.2) is 39.9 Å². The molecule has 11 heteroatoms. The quantitative estimate of drug-likeness (QED) is 0.0819. The van der Waals surface area contributed by atoms with Gasteiger partial charge in [-0.15, -0.1) is 11.3 Å². The van der Waals surface area contributed by atoms with Crippen LogP contribution in [0, 0.1) is 0 Å². The summed E-state index contributed by atoms with van der Waals surface area (Å²) in [5.74, 6) is 2.73. The van der Waals surface area contributed by atoms with Crippen LogP contribution < -0.4 is 0 Å². The van der Waals surface area contributed by atoms with E-state index >= 15 is 0 Å². The molecular formula is C128H84N8O2S. The molecule has 0 aliphatic rings. The molecule has 0 spiro atoms. The van der Waals surface area contributed by atoms with Crippen molar-refractivity contribution in [2.24, 2.45) is 0 Å². The first-order valence-corrected chi connectivity index (χ1v) is 47.2. The minimum Gasteiger partial charge on any atom is -0.456 e. The van der Waals surface area contributed by atoms with Crippen molar-refractivity contribution in [1.82, 2.24) is 39.9 Å². The summed E-state index contributed by atoms with van der Waals surface area (Å²) in [7, 11) is 0. The van der Waals surface area contributed by atoms with Gasteiger partial charge in [-0.3, -0.25) is 0 Å². The first kappa shape index (κ1) is 84.8. The number of hydrogen-bond donors (Lipinski definition) is 0. The molecule has 654 valence electrons. The summed E-state index contributed by atoms with van der Waals surface area (Å²) >= 11 is 1.73. The number of thiazole rings is 1. The normalized spacial score (nSPS) is 11.2. The van der Waals surface area contributed by atoms with Gasteiger partial charge in [0.2, 0.25) is 5.89 Å². The van der Waals surface area contributed by atoms with Crippen LogP contribution in [0.5, 0.6) is 0 Å². The summed E-state index contributed by atoms with van der Waals surface area (Å²) in [6.45, 7) is 0. The van der Waals surface area contributed by atoms with Crippen molar-refractivity contribution in [1.29, 1.82) is 0 Å². The molecule has 0 aliphatic heterocycles. The highest BCUT2D eigenvalue weighted by Crippen LogP contribution is 2.46. The SMILES string of the molecule is c1ccc(-c2nc(-c3ccccc3)c(-c3ccccc3)c(-c3ccc(-c4ccc(-c5ccc6oc7ccccc7c6c5)cc4)cc3)n2)cc1.c1ccc(-c2nc(-c3ccccc3)c(-c3ccccc3)c(-c3ccc(-c4ccc(-c5nc6ccccc6o5)cc4)cc3)n2)cc1.c1ccc(-c2nc(-c3ccccc3)c(-c3ccccc3)c(-c3ccc(-c4ccc(-c5nc6ccccc6s5)cc4)cc3)n2)cc1. The van der Waals surface area contributed by atoms with Gasteiger partial charge in [0.25, 0.3) is 0 Å². The van der Waals surface area contributed by atoms with Gasteiger partial charge in [-0.1, -0.05) is 455 Å². The number of aromatic nitrogens is 8. The molecule has 6 heterocycles. The molecule has 0 saturated carbocycles. The Balaban J connectivity index is 0.000000117. The lowest BCUT2D eigenvalue weighted by Crippen LogP contribution is -2.00. The van der Waals surface area contributed by atoms with Gasteiger partial charge in [0, 0.05) is 88.7 Å². The van der Waals surface area contributed by atoms with E-state index in [2.05, 4.69) is 381 Å². The fraction of sp³-hybridized carbons (Fsp3) is 0. The van der Waals surface area contributed by atoms with Gasteiger partial charge < -0.3 is 8.83 Å². The maximum Gasteiger partial charge on any atom is 0.227 e. The molecule has 0 unspecified atom stereocenters. The lowest BCUT2D eigenvalue weighted by molar-refractivity contribution is 0.620. The monoisotopic (exact) mass is 1800 g/mol. The highest BCUT2D eigenvalue weighted by molar-refractivity contribution is 7.21. The highest BCUT2D eigenvalue weighted by Gasteiger charge is 2.26. The molecule has 0 bridgehead atoms. The smallest absolute Gasteiger partial charge is 0.227 e. The fourth-order valence-corrected chi connectivity index (χ4v) is 19.0. The average molecular weight is 1800 g/mol. The largest absolute Gasteiger partial charge is 0.456 e. The molecule has 6 aromatic heterocycles. The Kier molecular flexibility index (Phi) is 23.6. The maximum atomic E-state index is 6.04. The molecule has 0 amide bonds. The minimum atomic E-state index is 0.624. The second-order valence-electron chi connectivity index (χ2n) is 33.9. The summed E-state index contributed by atoms with van der Waals surface area (Å²) in [6, 6.07) is 176. The van der Waals surface area contributed by atoms with Gasteiger partial charge in [0.05, 0.1) is 44.4 Å². The van der Waals surface area contributed by atoms with E-state index in [-0.39, 0.29) is 0 Å². The van der Waals surface area contributed by atoms with E-state index in [9.17, 15) is 0 Å². The van der Waals surface area contributed by atoms with Gasteiger partial charge >= 0.3 is 0 Å². The topological polar surface area (TPSA) is 129 Å². The van der Waals surface area contributed by atoms with E-state index in [1.54, 1.807) is 11.3 Å². The molecule has 139 heavy (non-hydrogen) atoms. The molecule has 0 fully saturated rings. The molecule has 25 aromatic rings. The summed E-state index contributed by atoms with van der Waals surface area (Å²) in [4.78, 5) is 40.7. The maximum absolute atomic E-state index is 6.04. The number of hydrogen-bond acceptors (Lipinski definition) is 11. The van der Waals surface area contributed by atoms with Crippen molar-refractivity contribution >= 4 is 54.6 Å². The van der Waals surface area contributed by atoms with Crippen LogP contribution in [-0.4, -0.2) is 39.9 Å². The first-order valence-electron chi connectivity index (χ1n) is 46.4. The van der Waals surface area contributed by atoms with Crippen LogP contribution >= 0.6 is 11.3 Å². The van der Waals surface area contributed by atoms with E-state index in [1.807, 2.05) is 133 Å². The number of nitrogens with zero attached hydrogens (tertiary/aromatic N) is 8. The number of furan rings is 1. The number of fused-ring (bicyclic) bond motifs is 5. The van der Waals surface area contributed by atoms with Gasteiger partial charge in [0.1, 0.15) is 21.7 Å². The lowest BCUT2D eigenvalue weighted by Gasteiger charge is -2.17. The van der Waals surface area contributed by atoms with Crippen molar-refractivity contribution in [3.8, 4) is 202 Å². The van der Waals surface area contributed by atoms with Gasteiger partial charge in [-0.05, 0) is 116 Å². The zero-order valence-corrected chi connectivity index (χ0v) is 76.1. The Hall–Kier alpha value is -18.4. The summed E-state index contributed by atoms with van der Waals surface area (Å²) < 4.78 is 13.2. The second kappa shape index (κ2) is 38.6. The summed E-state index contributed by atoms with van der Waals surface area (Å²) in [5.41, 5.74) is 36.7. The Labute approximate surface area is 808 Å². The van der Waals surface area contributed by atoms with E-state index in [1.165, 1.54) is 15.8 Å². The van der Waals surface area contributed by atoms with Crippen LogP contribution in [0.4, 0.5) is 0 Å². The highest BCUT2D eigenvalue weighted by atomic mass is 32.1. The van der Waals surface area contributed by atoms with Crippen LogP contribution in [0.2, 0.25) is 0 Å². The standard InChI is InChI=1S/C46H30N2O.C41H27N3O.C41H27N3S/c1-4-12-34(13-5-1)43-44(35-14-6-2-7-15-35)47-46(37-16-8-3-9-17-37)48-45(43)36-26-24-32(25-27-36)31-20-22-33(23-21-31)38-28-29-42-40(30-38)39-18-10-11-19-41(39)49-42;2*1-4-12-30(13-5-1)37-38(31-14-6-2-7-15-31)43-40(33-16-8-3-9-17-33)44-39(37)32-24-20-28(21-25-32)29-22-26-34(27-23-29)41-42-35-18-10-11-19-36(35)45-41/h1-30H;2*1-27H. The van der Waals surface area contributed by atoms with E-state index < -0.39 is 0 Å². The van der Waals surface area contributed by atoms with Crippen molar-refractivity contribution < 1.29 is 8.83 Å². The van der Waals surface area contributed by atoms with Crippen molar-refractivity contribution in [3.63, 3.8) is 0 Å². The molecule has 0 aliphatic carbocycles.